The molecule has 1 unspecified atom stereocenters. The van der Waals surface area contributed by atoms with Crippen LogP contribution in [0.15, 0.2) is 0 Å². The first-order chi connectivity index (χ1) is 9.43. The molecule has 0 spiro atoms. The van der Waals surface area contributed by atoms with Gasteiger partial charge in [-0.15, -0.1) is 0 Å². The number of likely N-dealkylation sites (tertiary alicyclic amines) is 1. The fraction of sp³-hybridized carbons (Fsp3) is 0.750. The van der Waals surface area contributed by atoms with Gasteiger partial charge in [0, 0.05) is 26.1 Å². The second-order valence-electron chi connectivity index (χ2n) is 4.96. The second-order valence-corrected chi connectivity index (χ2v) is 4.96. The highest BCUT2D eigenvalue weighted by atomic mass is 16.4. The summed E-state index contributed by atoms with van der Waals surface area (Å²) in [5, 5.41) is 20.4. The molecule has 20 heavy (non-hydrogen) atoms. The SMILES string of the molecule is NC(=O)CCC(NC(=O)N1CCC(CO)CC1)C(=O)O. The fourth-order valence-electron chi connectivity index (χ4n) is 2.10. The lowest BCUT2D eigenvalue weighted by Crippen LogP contribution is -2.50. The van der Waals surface area contributed by atoms with E-state index >= 15 is 0 Å². The summed E-state index contributed by atoms with van der Waals surface area (Å²) in [5.41, 5.74) is 4.97. The van der Waals surface area contributed by atoms with Crippen LogP contribution in [0.4, 0.5) is 4.79 Å². The van der Waals surface area contributed by atoms with Crippen molar-refractivity contribution in [3.8, 4) is 0 Å². The van der Waals surface area contributed by atoms with Gasteiger partial charge in [0.25, 0.3) is 0 Å². The molecule has 8 nitrogen and oxygen atoms in total. The molecule has 0 saturated carbocycles. The standard InChI is InChI=1S/C12H21N3O5/c13-10(17)2-1-9(11(18)19)14-12(20)15-5-3-8(7-16)4-6-15/h8-9,16H,1-7H2,(H2,13,17)(H,14,20)(H,18,19). The third kappa shape index (κ3) is 5.04. The van der Waals surface area contributed by atoms with Crippen LogP contribution in [0.5, 0.6) is 0 Å². The minimum absolute atomic E-state index is 0.0243. The van der Waals surface area contributed by atoms with E-state index in [4.69, 9.17) is 15.9 Å². The summed E-state index contributed by atoms with van der Waals surface area (Å²) in [6.07, 6.45) is 1.28. The van der Waals surface area contributed by atoms with Crippen molar-refractivity contribution >= 4 is 17.9 Å². The Morgan fingerprint density at radius 3 is 2.35 bits per heavy atom. The van der Waals surface area contributed by atoms with Gasteiger partial charge in [0.15, 0.2) is 0 Å². The lowest BCUT2D eigenvalue weighted by atomic mass is 9.98. The molecule has 0 bridgehead atoms. The van der Waals surface area contributed by atoms with Gasteiger partial charge in [-0.3, -0.25) is 4.79 Å². The van der Waals surface area contributed by atoms with E-state index in [-0.39, 0.29) is 25.4 Å². The van der Waals surface area contributed by atoms with Crippen molar-refractivity contribution in [1.82, 2.24) is 10.2 Å². The quantitative estimate of drug-likeness (QED) is 0.503. The van der Waals surface area contributed by atoms with Crippen molar-refractivity contribution in [2.75, 3.05) is 19.7 Å². The van der Waals surface area contributed by atoms with E-state index in [0.29, 0.717) is 25.9 Å². The van der Waals surface area contributed by atoms with Crippen LogP contribution in [-0.4, -0.2) is 58.8 Å². The molecule has 0 radical (unpaired) electrons. The van der Waals surface area contributed by atoms with E-state index in [0.717, 1.165) is 0 Å². The van der Waals surface area contributed by atoms with Crippen molar-refractivity contribution in [2.24, 2.45) is 11.7 Å². The number of aliphatic hydroxyl groups is 1. The van der Waals surface area contributed by atoms with E-state index < -0.39 is 23.9 Å². The number of carboxylic acids is 1. The molecular formula is C12H21N3O5. The zero-order valence-electron chi connectivity index (χ0n) is 11.2. The third-order valence-corrected chi connectivity index (χ3v) is 3.44. The monoisotopic (exact) mass is 287 g/mol. The molecule has 1 atom stereocenters. The maximum Gasteiger partial charge on any atom is 0.326 e. The molecular weight excluding hydrogens is 266 g/mol. The van der Waals surface area contributed by atoms with Crippen LogP contribution in [0, 0.1) is 5.92 Å². The molecule has 1 aliphatic heterocycles. The number of nitrogens with zero attached hydrogens (tertiary/aromatic N) is 1. The number of primary amides is 1. The highest BCUT2D eigenvalue weighted by Crippen LogP contribution is 2.16. The van der Waals surface area contributed by atoms with Gasteiger partial charge in [-0.05, 0) is 25.2 Å². The second kappa shape index (κ2) is 7.68. The molecule has 1 fully saturated rings. The van der Waals surface area contributed by atoms with Crippen LogP contribution in [-0.2, 0) is 9.59 Å². The van der Waals surface area contributed by atoms with Crippen LogP contribution in [0.1, 0.15) is 25.7 Å². The van der Waals surface area contributed by atoms with Crippen molar-refractivity contribution in [1.29, 1.82) is 0 Å². The van der Waals surface area contributed by atoms with Gasteiger partial charge in [0.1, 0.15) is 6.04 Å². The molecule has 1 aliphatic rings. The third-order valence-electron chi connectivity index (χ3n) is 3.44. The van der Waals surface area contributed by atoms with Crippen molar-refractivity contribution in [3.63, 3.8) is 0 Å². The number of rotatable bonds is 6. The Hall–Kier alpha value is -1.83. The first-order valence-electron chi connectivity index (χ1n) is 6.61. The number of amides is 3. The lowest BCUT2D eigenvalue weighted by Gasteiger charge is -2.32. The van der Waals surface area contributed by atoms with E-state index in [1.807, 2.05) is 0 Å². The average Bonchev–Trinajstić information content (AvgIpc) is 2.42. The molecule has 3 amide bonds. The van der Waals surface area contributed by atoms with Gasteiger partial charge < -0.3 is 26.2 Å². The topological polar surface area (TPSA) is 133 Å². The largest absolute Gasteiger partial charge is 0.480 e. The predicted octanol–water partition coefficient (Wildman–Crippen LogP) is -0.881. The maximum atomic E-state index is 11.9. The van der Waals surface area contributed by atoms with Gasteiger partial charge in [0.2, 0.25) is 5.91 Å². The van der Waals surface area contributed by atoms with Crippen LogP contribution >= 0.6 is 0 Å². The normalized spacial score (nSPS) is 17.6. The number of carboxylic acid groups (broad SMARTS) is 1. The lowest BCUT2D eigenvalue weighted by molar-refractivity contribution is -0.139. The highest BCUT2D eigenvalue weighted by molar-refractivity contribution is 5.83. The van der Waals surface area contributed by atoms with Crippen molar-refractivity contribution in [3.05, 3.63) is 0 Å². The van der Waals surface area contributed by atoms with E-state index in [2.05, 4.69) is 5.32 Å². The molecule has 0 aromatic heterocycles. The number of carbonyl (C=O) groups excluding carboxylic acids is 2. The Kier molecular flexibility index (Phi) is 6.23. The van der Waals surface area contributed by atoms with Crippen molar-refractivity contribution in [2.45, 2.75) is 31.7 Å². The van der Waals surface area contributed by atoms with Crippen LogP contribution in [0.2, 0.25) is 0 Å². The highest BCUT2D eigenvalue weighted by Gasteiger charge is 2.26. The summed E-state index contributed by atoms with van der Waals surface area (Å²) in [6.45, 7) is 1.07. The number of aliphatic hydroxyl groups excluding tert-OH is 1. The number of nitrogens with one attached hydrogen (secondary N) is 1. The Morgan fingerprint density at radius 1 is 1.30 bits per heavy atom. The Labute approximate surface area is 116 Å². The Balaban J connectivity index is 2.45. The summed E-state index contributed by atoms with van der Waals surface area (Å²) in [6, 6.07) is -1.58. The van der Waals surface area contributed by atoms with Crippen LogP contribution < -0.4 is 11.1 Å². The molecule has 0 aromatic rings. The Morgan fingerprint density at radius 2 is 1.90 bits per heavy atom. The molecule has 0 aliphatic carbocycles. The summed E-state index contributed by atoms with van der Waals surface area (Å²) in [4.78, 5) is 35.1. The first kappa shape index (κ1) is 16.2. The number of urea groups is 1. The molecule has 8 heteroatoms. The van der Waals surface area contributed by atoms with Crippen molar-refractivity contribution < 1.29 is 24.6 Å². The molecule has 0 aromatic carbocycles. The van der Waals surface area contributed by atoms with Gasteiger partial charge >= 0.3 is 12.0 Å². The maximum absolute atomic E-state index is 11.9. The fourth-order valence-corrected chi connectivity index (χ4v) is 2.10. The number of carbonyl (C=O) groups is 3. The minimum Gasteiger partial charge on any atom is -0.480 e. The van der Waals surface area contributed by atoms with E-state index in [1.165, 1.54) is 4.90 Å². The first-order valence-corrected chi connectivity index (χ1v) is 6.61. The van der Waals surface area contributed by atoms with Crippen LogP contribution in [0.3, 0.4) is 0 Å². The van der Waals surface area contributed by atoms with Crippen LogP contribution in [0.25, 0.3) is 0 Å². The predicted molar refractivity (Wildman–Crippen MR) is 69.8 cm³/mol. The summed E-state index contributed by atoms with van der Waals surface area (Å²) in [5.74, 6) is -1.59. The molecule has 1 rings (SSSR count). The van der Waals surface area contributed by atoms with Gasteiger partial charge in [-0.1, -0.05) is 0 Å². The van der Waals surface area contributed by atoms with Gasteiger partial charge in [-0.25, -0.2) is 9.59 Å². The molecule has 1 saturated heterocycles. The smallest absolute Gasteiger partial charge is 0.326 e. The van der Waals surface area contributed by atoms with Gasteiger partial charge in [-0.2, -0.15) is 0 Å². The number of nitrogens with two attached hydrogens (primary N) is 1. The summed E-state index contributed by atoms with van der Waals surface area (Å²) in [7, 11) is 0. The average molecular weight is 287 g/mol. The molecule has 1 heterocycles. The number of hydrogen-bond donors (Lipinski definition) is 4. The number of piperidine rings is 1. The number of aliphatic carboxylic acids is 1. The Bertz CT molecular complexity index is 366. The zero-order valence-corrected chi connectivity index (χ0v) is 11.2. The zero-order chi connectivity index (χ0) is 15.1. The summed E-state index contributed by atoms with van der Waals surface area (Å²) >= 11 is 0. The number of hydrogen-bond acceptors (Lipinski definition) is 4. The molecule has 5 N–H and O–H groups in total. The van der Waals surface area contributed by atoms with Gasteiger partial charge in [0.05, 0.1) is 0 Å². The summed E-state index contributed by atoms with van der Waals surface area (Å²) < 4.78 is 0. The van der Waals surface area contributed by atoms with E-state index in [1.54, 1.807) is 0 Å². The molecule has 114 valence electrons. The minimum atomic E-state index is -1.19. The van der Waals surface area contributed by atoms with E-state index in [9.17, 15) is 14.4 Å².